The minimum Gasteiger partial charge on any atom is -0.348 e. The molecule has 1 amide bonds. The van der Waals surface area contributed by atoms with Crippen molar-refractivity contribution in [3.05, 3.63) is 94.3 Å². The van der Waals surface area contributed by atoms with E-state index in [0.29, 0.717) is 29.8 Å². The molecule has 0 aliphatic carbocycles. The monoisotopic (exact) mass is 444 g/mol. The topological polar surface area (TPSA) is 66.5 Å². The van der Waals surface area contributed by atoms with Crippen LogP contribution in [0.15, 0.2) is 71.6 Å². The SMILES string of the molecule is O=C(NCc1ccc(F)c(Cl)c1)c1ccc2c(c1)N(S(=O)(=O)c1ccccc1)CC2. The van der Waals surface area contributed by atoms with Gasteiger partial charge in [0.15, 0.2) is 0 Å². The lowest BCUT2D eigenvalue weighted by Gasteiger charge is -2.20. The number of fused-ring (bicyclic) bond motifs is 1. The first-order valence-corrected chi connectivity index (χ1v) is 11.1. The molecular formula is C22H18ClFN2O3S. The number of rotatable bonds is 5. The van der Waals surface area contributed by atoms with Crippen molar-refractivity contribution < 1.29 is 17.6 Å². The first-order chi connectivity index (χ1) is 14.4. The lowest BCUT2D eigenvalue weighted by Crippen LogP contribution is -2.29. The van der Waals surface area contributed by atoms with Crippen LogP contribution in [0.3, 0.4) is 0 Å². The second-order valence-electron chi connectivity index (χ2n) is 6.91. The molecule has 154 valence electrons. The molecule has 0 saturated heterocycles. The zero-order valence-corrected chi connectivity index (χ0v) is 17.4. The molecule has 3 aromatic carbocycles. The van der Waals surface area contributed by atoms with E-state index in [-0.39, 0.29) is 22.4 Å². The van der Waals surface area contributed by atoms with E-state index in [4.69, 9.17) is 11.6 Å². The number of carbonyl (C=O) groups is 1. The van der Waals surface area contributed by atoms with E-state index in [1.165, 1.54) is 16.4 Å². The zero-order chi connectivity index (χ0) is 21.3. The molecule has 0 unspecified atom stereocenters. The molecule has 0 fully saturated rings. The van der Waals surface area contributed by atoms with Crippen molar-refractivity contribution in [3.8, 4) is 0 Å². The lowest BCUT2D eigenvalue weighted by atomic mass is 10.1. The Labute approximate surface area is 179 Å². The molecule has 5 nitrogen and oxygen atoms in total. The standard InChI is InChI=1S/C22H18ClFN2O3S/c23-19-12-15(6-9-20(19)24)14-25-22(27)17-8-7-16-10-11-26(21(16)13-17)30(28,29)18-4-2-1-3-5-18/h1-9,12-13H,10-11,14H2,(H,25,27). The van der Waals surface area contributed by atoms with Gasteiger partial charge in [0.2, 0.25) is 0 Å². The molecule has 8 heteroatoms. The van der Waals surface area contributed by atoms with E-state index >= 15 is 0 Å². The van der Waals surface area contributed by atoms with Gasteiger partial charge in [-0.25, -0.2) is 12.8 Å². The maximum absolute atomic E-state index is 13.3. The molecule has 0 saturated carbocycles. The highest BCUT2D eigenvalue weighted by Gasteiger charge is 2.31. The van der Waals surface area contributed by atoms with Crippen LogP contribution in [0.25, 0.3) is 0 Å². The van der Waals surface area contributed by atoms with E-state index in [1.807, 2.05) is 0 Å². The van der Waals surface area contributed by atoms with Crippen molar-refractivity contribution in [1.82, 2.24) is 5.32 Å². The van der Waals surface area contributed by atoms with Crippen LogP contribution < -0.4 is 9.62 Å². The summed E-state index contributed by atoms with van der Waals surface area (Å²) in [5.41, 5.74) is 2.38. The first kappa shape index (κ1) is 20.4. The van der Waals surface area contributed by atoms with E-state index in [1.54, 1.807) is 54.6 Å². The van der Waals surface area contributed by atoms with Crippen LogP contribution in [0.5, 0.6) is 0 Å². The first-order valence-electron chi connectivity index (χ1n) is 9.29. The highest BCUT2D eigenvalue weighted by atomic mass is 35.5. The molecule has 0 radical (unpaired) electrons. The van der Waals surface area contributed by atoms with Crippen molar-refractivity contribution in [1.29, 1.82) is 0 Å². The van der Waals surface area contributed by atoms with Crippen LogP contribution in [0, 0.1) is 5.82 Å². The third kappa shape index (κ3) is 3.91. The third-order valence-corrected chi connectivity index (χ3v) is 7.09. The quantitative estimate of drug-likeness (QED) is 0.642. The van der Waals surface area contributed by atoms with Gasteiger partial charge >= 0.3 is 0 Å². The fourth-order valence-corrected chi connectivity index (χ4v) is 5.11. The average molecular weight is 445 g/mol. The number of amides is 1. The van der Waals surface area contributed by atoms with Gasteiger partial charge in [0, 0.05) is 18.7 Å². The molecule has 4 rings (SSSR count). The number of hydrogen-bond donors (Lipinski definition) is 1. The highest BCUT2D eigenvalue weighted by Crippen LogP contribution is 2.33. The Kier molecular flexibility index (Phi) is 5.49. The normalized spacial score (nSPS) is 13.2. The zero-order valence-electron chi connectivity index (χ0n) is 15.8. The molecule has 30 heavy (non-hydrogen) atoms. The Hall–Kier alpha value is -2.90. The summed E-state index contributed by atoms with van der Waals surface area (Å²) in [4.78, 5) is 12.8. The maximum atomic E-state index is 13.3. The van der Waals surface area contributed by atoms with Gasteiger partial charge in [-0.05, 0) is 53.9 Å². The second kappa shape index (κ2) is 8.08. The summed E-state index contributed by atoms with van der Waals surface area (Å²) < 4.78 is 40.7. The summed E-state index contributed by atoms with van der Waals surface area (Å²) in [6.45, 7) is 0.494. The summed E-state index contributed by atoms with van der Waals surface area (Å²) in [5, 5.41) is 2.74. The van der Waals surface area contributed by atoms with Crippen molar-refractivity contribution in [2.45, 2.75) is 17.9 Å². The largest absolute Gasteiger partial charge is 0.348 e. The van der Waals surface area contributed by atoms with E-state index < -0.39 is 15.8 Å². The molecular weight excluding hydrogens is 427 g/mol. The van der Waals surface area contributed by atoms with Gasteiger partial charge in [-0.1, -0.05) is 41.9 Å². The molecule has 0 atom stereocenters. The molecule has 1 aliphatic heterocycles. The molecule has 3 aromatic rings. The Bertz CT molecular complexity index is 1220. The van der Waals surface area contributed by atoms with Crippen molar-refractivity contribution in [2.24, 2.45) is 0 Å². The molecule has 0 aromatic heterocycles. The Morgan fingerprint density at radius 2 is 1.83 bits per heavy atom. The summed E-state index contributed by atoms with van der Waals surface area (Å²) >= 11 is 5.77. The molecule has 1 aliphatic rings. The van der Waals surface area contributed by atoms with Gasteiger partial charge in [-0.2, -0.15) is 0 Å². The van der Waals surface area contributed by atoms with Crippen LogP contribution >= 0.6 is 11.6 Å². The summed E-state index contributed by atoms with van der Waals surface area (Å²) in [7, 11) is -3.71. The number of benzene rings is 3. The fourth-order valence-electron chi connectivity index (χ4n) is 3.39. The van der Waals surface area contributed by atoms with Gasteiger partial charge in [0.25, 0.3) is 15.9 Å². The average Bonchev–Trinajstić information content (AvgIpc) is 3.19. The van der Waals surface area contributed by atoms with Crippen molar-refractivity contribution in [3.63, 3.8) is 0 Å². The predicted molar refractivity (Wildman–Crippen MR) is 114 cm³/mol. The Morgan fingerprint density at radius 3 is 2.57 bits per heavy atom. The molecule has 1 N–H and O–H groups in total. The predicted octanol–water partition coefficient (Wildman–Crippen LogP) is 4.16. The second-order valence-corrected chi connectivity index (χ2v) is 9.18. The summed E-state index contributed by atoms with van der Waals surface area (Å²) in [6.07, 6.45) is 0.581. The molecule has 0 spiro atoms. The van der Waals surface area contributed by atoms with Gasteiger partial charge in [-0.15, -0.1) is 0 Å². The van der Waals surface area contributed by atoms with E-state index in [9.17, 15) is 17.6 Å². The van der Waals surface area contributed by atoms with E-state index in [2.05, 4.69) is 5.32 Å². The third-order valence-electron chi connectivity index (χ3n) is 4.97. The minimum absolute atomic E-state index is 0.0129. The number of nitrogens with one attached hydrogen (secondary N) is 1. The molecule has 0 bridgehead atoms. The smallest absolute Gasteiger partial charge is 0.264 e. The number of nitrogens with zero attached hydrogens (tertiary/aromatic N) is 1. The fraction of sp³-hybridized carbons (Fsp3) is 0.136. The number of halogens is 2. The van der Waals surface area contributed by atoms with Crippen LogP contribution in [0.4, 0.5) is 10.1 Å². The number of hydrogen-bond acceptors (Lipinski definition) is 3. The van der Waals surface area contributed by atoms with E-state index in [0.717, 1.165) is 5.56 Å². The Balaban J connectivity index is 1.55. The van der Waals surface area contributed by atoms with Crippen molar-refractivity contribution >= 4 is 33.2 Å². The van der Waals surface area contributed by atoms with Crippen molar-refractivity contribution in [2.75, 3.05) is 10.8 Å². The summed E-state index contributed by atoms with van der Waals surface area (Å²) in [6, 6.07) is 17.5. The van der Waals surface area contributed by atoms with Gasteiger partial charge < -0.3 is 5.32 Å². The highest BCUT2D eigenvalue weighted by molar-refractivity contribution is 7.92. The Morgan fingerprint density at radius 1 is 1.07 bits per heavy atom. The van der Waals surface area contributed by atoms with Crippen LogP contribution in [0.1, 0.15) is 21.5 Å². The van der Waals surface area contributed by atoms with Crippen LogP contribution in [0.2, 0.25) is 5.02 Å². The molecule has 1 heterocycles. The van der Waals surface area contributed by atoms with Gasteiger partial charge in [0.1, 0.15) is 5.82 Å². The summed E-state index contributed by atoms with van der Waals surface area (Å²) in [5.74, 6) is -0.882. The number of carbonyl (C=O) groups excluding carboxylic acids is 1. The van der Waals surface area contributed by atoms with Gasteiger partial charge in [0.05, 0.1) is 15.6 Å². The minimum atomic E-state index is -3.71. The van der Waals surface area contributed by atoms with Gasteiger partial charge in [-0.3, -0.25) is 9.10 Å². The number of sulfonamides is 1. The maximum Gasteiger partial charge on any atom is 0.264 e. The van der Waals surface area contributed by atoms with Crippen LogP contribution in [-0.4, -0.2) is 20.9 Å². The number of anilines is 1. The van der Waals surface area contributed by atoms with Crippen LogP contribution in [-0.2, 0) is 23.0 Å². The lowest BCUT2D eigenvalue weighted by molar-refractivity contribution is 0.0951.